The molecule has 1 aromatic carbocycles. The van der Waals surface area contributed by atoms with Crippen molar-refractivity contribution in [1.82, 2.24) is 14.9 Å². The zero-order chi connectivity index (χ0) is 18.6. The topological polar surface area (TPSA) is 81.2 Å². The van der Waals surface area contributed by atoms with Crippen LogP contribution in [0.4, 0.5) is 8.78 Å². The van der Waals surface area contributed by atoms with Crippen LogP contribution in [0.3, 0.4) is 0 Å². The highest BCUT2D eigenvalue weighted by Crippen LogP contribution is 2.22. The predicted molar refractivity (Wildman–Crippen MR) is 92.4 cm³/mol. The molecule has 0 bridgehead atoms. The molecule has 0 aliphatic heterocycles. The second-order valence-corrected chi connectivity index (χ2v) is 7.74. The maximum Gasteiger partial charge on any atom is 0.243 e. The van der Waals surface area contributed by atoms with Crippen LogP contribution in [-0.4, -0.2) is 31.8 Å². The average molecular weight is 397 g/mol. The smallest absolute Gasteiger partial charge is 0.243 e. The first-order valence-corrected chi connectivity index (χ1v) is 9.77. The Kier molecular flexibility index (Phi) is 5.55. The summed E-state index contributed by atoms with van der Waals surface area (Å²) in [7, 11) is -4.18. The monoisotopic (exact) mass is 397 g/mol. The van der Waals surface area contributed by atoms with Crippen molar-refractivity contribution in [1.29, 1.82) is 0 Å². The highest BCUT2D eigenvalue weighted by molar-refractivity contribution is 7.89. The van der Waals surface area contributed by atoms with E-state index in [0.717, 1.165) is 17.0 Å². The number of sulfonamides is 1. The van der Waals surface area contributed by atoms with E-state index in [-0.39, 0.29) is 19.0 Å². The van der Waals surface area contributed by atoms with Crippen LogP contribution in [0.2, 0.25) is 0 Å². The number of rotatable bonds is 7. The lowest BCUT2D eigenvalue weighted by molar-refractivity contribution is 0.307. The third-order valence-corrected chi connectivity index (χ3v) is 5.61. The predicted octanol–water partition coefficient (Wildman–Crippen LogP) is 2.84. The van der Waals surface area contributed by atoms with E-state index in [1.54, 1.807) is 12.1 Å². The number of hydrogen-bond acceptors (Lipinski definition) is 6. The van der Waals surface area contributed by atoms with Gasteiger partial charge in [0.2, 0.25) is 15.9 Å². The molecule has 136 valence electrons. The Morgan fingerprint density at radius 2 is 1.96 bits per heavy atom. The van der Waals surface area contributed by atoms with Gasteiger partial charge in [-0.25, -0.2) is 21.9 Å². The normalized spacial score (nSPS) is 11.5. The minimum Gasteiger partial charge on any atom is -0.475 e. The molecule has 0 radical (unpaired) electrons. The number of nitrogens with one attached hydrogen (secondary N) is 1. The van der Waals surface area contributed by atoms with E-state index in [1.807, 2.05) is 17.5 Å². The Morgan fingerprint density at radius 1 is 1.12 bits per heavy atom. The van der Waals surface area contributed by atoms with Gasteiger partial charge >= 0.3 is 0 Å². The van der Waals surface area contributed by atoms with E-state index >= 15 is 0 Å². The summed E-state index contributed by atoms with van der Waals surface area (Å²) in [5, 5.41) is 9.85. The summed E-state index contributed by atoms with van der Waals surface area (Å²) in [6.07, 6.45) is 0. The molecule has 3 aromatic rings. The highest BCUT2D eigenvalue weighted by Gasteiger charge is 2.19. The number of hydrogen-bond donors (Lipinski definition) is 1. The fraction of sp³-hybridized carbons (Fsp3) is 0.125. The zero-order valence-electron chi connectivity index (χ0n) is 13.2. The standard InChI is InChI=1S/C16H13F2N3O3S2/c17-11-3-4-12(18)15(10-11)26(22,23)19-7-8-24-16-6-5-13(20-21-16)14-2-1-9-25-14/h1-6,9-10,19H,7-8H2. The van der Waals surface area contributed by atoms with E-state index in [1.165, 1.54) is 11.3 Å². The fourth-order valence-electron chi connectivity index (χ4n) is 2.05. The maximum absolute atomic E-state index is 13.6. The first-order valence-electron chi connectivity index (χ1n) is 7.41. The molecule has 0 aliphatic rings. The van der Waals surface area contributed by atoms with Crippen LogP contribution >= 0.6 is 11.3 Å². The molecule has 0 saturated heterocycles. The van der Waals surface area contributed by atoms with E-state index < -0.39 is 26.6 Å². The molecule has 0 unspecified atom stereocenters. The lowest BCUT2D eigenvalue weighted by Gasteiger charge is -2.08. The average Bonchev–Trinajstić information content (AvgIpc) is 3.16. The summed E-state index contributed by atoms with van der Waals surface area (Å²) in [5.74, 6) is -1.65. The third kappa shape index (κ3) is 4.40. The summed E-state index contributed by atoms with van der Waals surface area (Å²) >= 11 is 1.53. The molecule has 0 saturated carbocycles. The fourth-order valence-corrected chi connectivity index (χ4v) is 3.84. The second kappa shape index (κ2) is 7.85. The summed E-state index contributed by atoms with van der Waals surface area (Å²) in [4.78, 5) is 0.214. The van der Waals surface area contributed by atoms with Crippen molar-refractivity contribution < 1.29 is 21.9 Å². The van der Waals surface area contributed by atoms with Gasteiger partial charge in [0.05, 0.1) is 4.88 Å². The van der Waals surface area contributed by atoms with Crippen LogP contribution < -0.4 is 9.46 Å². The number of nitrogens with zero attached hydrogens (tertiary/aromatic N) is 2. The van der Waals surface area contributed by atoms with Gasteiger partial charge in [0, 0.05) is 12.6 Å². The number of aromatic nitrogens is 2. The second-order valence-electron chi connectivity index (χ2n) is 5.06. The zero-order valence-corrected chi connectivity index (χ0v) is 14.9. The molecular weight excluding hydrogens is 384 g/mol. The molecule has 26 heavy (non-hydrogen) atoms. The van der Waals surface area contributed by atoms with Crippen molar-refractivity contribution in [3.8, 4) is 16.5 Å². The number of halogens is 2. The van der Waals surface area contributed by atoms with Crippen molar-refractivity contribution in [2.75, 3.05) is 13.2 Å². The lowest BCUT2D eigenvalue weighted by atomic mass is 10.3. The van der Waals surface area contributed by atoms with E-state index in [9.17, 15) is 17.2 Å². The molecule has 2 heterocycles. The third-order valence-electron chi connectivity index (χ3n) is 3.24. The molecular formula is C16H13F2N3O3S2. The Hall–Kier alpha value is -2.43. The van der Waals surface area contributed by atoms with Crippen LogP contribution in [0.5, 0.6) is 5.88 Å². The van der Waals surface area contributed by atoms with E-state index in [0.29, 0.717) is 11.8 Å². The summed E-state index contributed by atoms with van der Waals surface area (Å²) in [6.45, 7) is -0.199. The SMILES string of the molecule is O=S(=O)(NCCOc1ccc(-c2cccs2)nn1)c1cc(F)ccc1F. The van der Waals surface area contributed by atoms with Gasteiger partial charge in [0.25, 0.3) is 0 Å². The number of ether oxygens (including phenoxy) is 1. The number of thiophene rings is 1. The summed E-state index contributed by atoms with van der Waals surface area (Å²) in [6, 6.07) is 9.38. The molecule has 0 aliphatic carbocycles. The molecule has 0 fully saturated rings. The Bertz CT molecular complexity index is 978. The van der Waals surface area contributed by atoms with Crippen LogP contribution in [0.25, 0.3) is 10.6 Å². The molecule has 3 rings (SSSR count). The Balaban J connectivity index is 1.54. The minimum atomic E-state index is -4.18. The maximum atomic E-state index is 13.6. The van der Waals surface area contributed by atoms with E-state index in [2.05, 4.69) is 14.9 Å². The van der Waals surface area contributed by atoms with Crippen LogP contribution in [0.1, 0.15) is 0 Å². The summed E-state index contributed by atoms with van der Waals surface area (Å²) in [5.41, 5.74) is 0.703. The molecule has 2 aromatic heterocycles. The molecule has 0 spiro atoms. The molecule has 0 atom stereocenters. The summed E-state index contributed by atoms with van der Waals surface area (Å²) < 4.78 is 58.1. The first kappa shape index (κ1) is 18.4. The van der Waals surface area contributed by atoms with Gasteiger partial charge < -0.3 is 4.74 Å². The minimum absolute atomic E-state index is 0.0524. The van der Waals surface area contributed by atoms with Gasteiger partial charge in [0.15, 0.2) is 0 Å². The molecule has 6 nitrogen and oxygen atoms in total. The lowest BCUT2D eigenvalue weighted by Crippen LogP contribution is -2.29. The van der Waals surface area contributed by atoms with Gasteiger partial charge in [-0.05, 0) is 35.7 Å². The molecule has 1 N–H and O–H groups in total. The van der Waals surface area contributed by atoms with Gasteiger partial charge in [-0.2, -0.15) is 0 Å². The molecule has 10 heteroatoms. The van der Waals surface area contributed by atoms with Crippen LogP contribution in [0, 0.1) is 11.6 Å². The largest absolute Gasteiger partial charge is 0.475 e. The quantitative estimate of drug-likeness (QED) is 0.620. The van der Waals surface area contributed by atoms with Crippen molar-refractivity contribution in [3.63, 3.8) is 0 Å². The van der Waals surface area contributed by atoms with Crippen LogP contribution in [-0.2, 0) is 10.0 Å². The van der Waals surface area contributed by atoms with Gasteiger partial charge in [0.1, 0.15) is 28.8 Å². The van der Waals surface area contributed by atoms with Crippen molar-refractivity contribution in [3.05, 3.63) is 59.5 Å². The Morgan fingerprint density at radius 3 is 2.65 bits per heavy atom. The van der Waals surface area contributed by atoms with Gasteiger partial charge in [-0.3, -0.25) is 0 Å². The van der Waals surface area contributed by atoms with Gasteiger partial charge in [-0.15, -0.1) is 21.5 Å². The highest BCUT2D eigenvalue weighted by atomic mass is 32.2. The van der Waals surface area contributed by atoms with E-state index in [4.69, 9.17) is 4.74 Å². The van der Waals surface area contributed by atoms with Crippen LogP contribution in [0.15, 0.2) is 52.7 Å². The van der Waals surface area contributed by atoms with Gasteiger partial charge in [-0.1, -0.05) is 6.07 Å². The van der Waals surface area contributed by atoms with Crippen molar-refractivity contribution >= 4 is 21.4 Å². The molecule has 0 amide bonds. The van der Waals surface area contributed by atoms with Crippen molar-refractivity contribution in [2.45, 2.75) is 4.90 Å². The Labute approximate surface area is 152 Å². The first-order chi connectivity index (χ1) is 12.5. The number of benzene rings is 1. The van der Waals surface area contributed by atoms with Crippen molar-refractivity contribution in [2.24, 2.45) is 0 Å².